The Bertz CT molecular complexity index is 1080. The van der Waals surface area contributed by atoms with Gasteiger partial charge < -0.3 is 14.3 Å². The van der Waals surface area contributed by atoms with Gasteiger partial charge in [0.2, 0.25) is 0 Å². The molecule has 0 unspecified atom stereocenters. The zero-order valence-electron chi connectivity index (χ0n) is 13.8. The summed E-state index contributed by atoms with van der Waals surface area (Å²) in [6.07, 6.45) is 1.21. The number of benzene rings is 2. The summed E-state index contributed by atoms with van der Waals surface area (Å²) in [7, 11) is 1.49. The SMILES string of the molecule is COc1cc(Br)cc2cc(C(=O)N/N=C\c3ccc(O)c([N+](=O)[O-])c3)oc12. The molecular formula is C17H12BrN3O6. The number of carbonyl (C=O) groups excluding carboxylic acids is 1. The Kier molecular flexibility index (Phi) is 5.08. The van der Waals surface area contributed by atoms with Crippen LogP contribution in [-0.2, 0) is 0 Å². The van der Waals surface area contributed by atoms with Crippen LogP contribution in [0.2, 0.25) is 0 Å². The highest BCUT2D eigenvalue weighted by Crippen LogP contribution is 2.32. The molecule has 1 heterocycles. The second-order valence-corrected chi connectivity index (χ2v) is 6.26. The number of aromatic hydroxyl groups is 1. The molecule has 138 valence electrons. The number of furan rings is 1. The third kappa shape index (κ3) is 3.90. The molecule has 0 aliphatic heterocycles. The minimum Gasteiger partial charge on any atom is -0.502 e. The van der Waals surface area contributed by atoms with E-state index in [1.807, 2.05) is 0 Å². The predicted molar refractivity (Wildman–Crippen MR) is 100 cm³/mol. The number of carbonyl (C=O) groups is 1. The average Bonchev–Trinajstić information content (AvgIpc) is 3.06. The van der Waals surface area contributed by atoms with Crippen LogP contribution < -0.4 is 10.2 Å². The lowest BCUT2D eigenvalue weighted by Gasteiger charge is -2.00. The van der Waals surface area contributed by atoms with E-state index >= 15 is 0 Å². The van der Waals surface area contributed by atoms with Crippen LogP contribution in [-0.4, -0.2) is 29.3 Å². The van der Waals surface area contributed by atoms with E-state index in [4.69, 9.17) is 9.15 Å². The first-order valence-electron chi connectivity index (χ1n) is 7.47. The van der Waals surface area contributed by atoms with Gasteiger partial charge in [-0.3, -0.25) is 14.9 Å². The number of methoxy groups -OCH3 is 1. The topological polar surface area (TPSA) is 127 Å². The Hall–Kier alpha value is -3.40. The summed E-state index contributed by atoms with van der Waals surface area (Å²) in [6, 6.07) is 8.75. The quantitative estimate of drug-likeness (QED) is 0.359. The van der Waals surface area contributed by atoms with Crippen LogP contribution in [0.25, 0.3) is 11.0 Å². The number of nitrogens with zero attached hydrogens (tertiary/aromatic N) is 2. The number of hydrogen-bond acceptors (Lipinski definition) is 7. The van der Waals surface area contributed by atoms with Crippen LogP contribution in [0.5, 0.6) is 11.5 Å². The van der Waals surface area contributed by atoms with Crippen LogP contribution >= 0.6 is 15.9 Å². The van der Waals surface area contributed by atoms with Gasteiger partial charge in [0.25, 0.3) is 0 Å². The molecule has 1 aromatic heterocycles. The number of nitro groups is 1. The smallest absolute Gasteiger partial charge is 0.311 e. The van der Waals surface area contributed by atoms with Crippen molar-refractivity contribution >= 4 is 44.7 Å². The zero-order chi connectivity index (χ0) is 19.6. The molecule has 0 spiro atoms. The third-order valence-corrected chi connectivity index (χ3v) is 4.02. The van der Waals surface area contributed by atoms with Crippen LogP contribution in [0.3, 0.4) is 0 Å². The summed E-state index contributed by atoms with van der Waals surface area (Å²) in [5.74, 6) is -0.564. The van der Waals surface area contributed by atoms with E-state index in [0.717, 1.165) is 10.5 Å². The van der Waals surface area contributed by atoms with Crippen molar-refractivity contribution in [2.45, 2.75) is 0 Å². The number of fused-ring (bicyclic) bond motifs is 1. The molecule has 0 atom stereocenters. The molecule has 2 aromatic carbocycles. The number of phenols is 1. The second kappa shape index (κ2) is 7.46. The average molecular weight is 434 g/mol. The normalized spacial score (nSPS) is 11.0. The van der Waals surface area contributed by atoms with Crippen LogP contribution in [0.15, 0.2) is 50.4 Å². The Morgan fingerprint density at radius 3 is 2.85 bits per heavy atom. The molecule has 0 saturated carbocycles. The number of nitro benzene ring substituents is 1. The second-order valence-electron chi connectivity index (χ2n) is 5.34. The predicted octanol–water partition coefficient (Wildman–Crippen LogP) is 3.58. The number of rotatable bonds is 5. The molecule has 0 aliphatic rings. The summed E-state index contributed by atoms with van der Waals surface area (Å²) in [6.45, 7) is 0. The first-order valence-corrected chi connectivity index (χ1v) is 8.26. The van der Waals surface area contributed by atoms with E-state index in [1.165, 1.54) is 25.5 Å². The monoisotopic (exact) mass is 433 g/mol. The largest absolute Gasteiger partial charge is 0.502 e. The van der Waals surface area contributed by atoms with Gasteiger partial charge in [0.05, 0.1) is 18.2 Å². The van der Waals surface area contributed by atoms with Crippen molar-refractivity contribution in [3.63, 3.8) is 0 Å². The number of nitrogens with one attached hydrogen (secondary N) is 1. The van der Waals surface area contributed by atoms with E-state index < -0.39 is 22.3 Å². The van der Waals surface area contributed by atoms with Crippen molar-refractivity contribution in [2.24, 2.45) is 5.10 Å². The fourth-order valence-corrected chi connectivity index (χ4v) is 2.79. The maximum atomic E-state index is 12.2. The molecule has 0 bridgehead atoms. The highest BCUT2D eigenvalue weighted by atomic mass is 79.9. The van der Waals surface area contributed by atoms with Crippen molar-refractivity contribution < 1.29 is 24.0 Å². The van der Waals surface area contributed by atoms with Gasteiger partial charge in [-0.2, -0.15) is 5.10 Å². The van der Waals surface area contributed by atoms with Gasteiger partial charge >= 0.3 is 11.6 Å². The van der Waals surface area contributed by atoms with Gasteiger partial charge in [0.1, 0.15) is 0 Å². The van der Waals surface area contributed by atoms with Gasteiger partial charge in [0, 0.05) is 21.5 Å². The Morgan fingerprint density at radius 2 is 2.15 bits per heavy atom. The zero-order valence-corrected chi connectivity index (χ0v) is 15.4. The fraction of sp³-hybridized carbons (Fsp3) is 0.0588. The van der Waals surface area contributed by atoms with E-state index in [-0.39, 0.29) is 5.76 Å². The summed E-state index contributed by atoms with van der Waals surface area (Å²) in [5.41, 5.74) is 2.57. The Morgan fingerprint density at radius 1 is 1.37 bits per heavy atom. The van der Waals surface area contributed by atoms with Gasteiger partial charge in [-0.15, -0.1) is 0 Å². The maximum absolute atomic E-state index is 12.2. The highest BCUT2D eigenvalue weighted by Gasteiger charge is 2.16. The molecule has 27 heavy (non-hydrogen) atoms. The van der Waals surface area contributed by atoms with Crippen LogP contribution in [0.4, 0.5) is 5.69 Å². The number of hydrogen-bond donors (Lipinski definition) is 2. The van der Waals surface area contributed by atoms with Gasteiger partial charge in [0.15, 0.2) is 22.8 Å². The summed E-state index contributed by atoms with van der Waals surface area (Å²) in [5, 5.41) is 24.6. The summed E-state index contributed by atoms with van der Waals surface area (Å²) in [4.78, 5) is 22.3. The standard InChI is InChI=1S/C17H12BrN3O6/c1-26-14-7-11(18)5-10-6-15(27-16(10)14)17(23)20-19-8-9-2-3-13(22)12(4-9)21(24)25/h2-8,22H,1H3,(H,20,23)/b19-8-. The van der Waals surface area contributed by atoms with Gasteiger partial charge in [-0.1, -0.05) is 15.9 Å². The van der Waals surface area contributed by atoms with E-state index in [1.54, 1.807) is 18.2 Å². The summed E-state index contributed by atoms with van der Waals surface area (Å²) < 4.78 is 11.5. The lowest BCUT2D eigenvalue weighted by molar-refractivity contribution is -0.385. The molecule has 0 aliphatic carbocycles. The third-order valence-electron chi connectivity index (χ3n) is 3.57. The minimum absolute atomic E-state index is 0.0234. The minimum atomic E-state index is -0.717. The molecule has 3 aromatic rings. The van der Waals surface area contributed by atoms with Crippen LogP contribution in [0, 0.1) is 10.1 Å². The molecule has 9 nitrogen and oxygen atoms in total. The maximum Gasteiger partial charge on any atom is 0.311 e. The van der Waals surface area contributed by atoms with Gasteiger partial charge in [-0.25, -0.2) is 5.43 Å². The molecule has 1 amide bonds. The van der Waals surface area contributed by atoms with E-state index in [2.05, 4.69) is 26.5 Å². The van der Waals surface area contributed by atoms with Crippen molar-refractivity contribution in [2.75, 3.05) is 7.11 Å². The van der Waals surface area contributed by atoms with E-state index in [0.29, 0.717) is 22.3 Å². The van der Waals surface area contributed by atoms with Crippen molar-refractivity contribution in [1.82, 2.24) is 5.43 Å². The first kappa shape index (κ1) is 18.4. The highest BCUT2D eigenvalue weighted by molar-refractivity contribution is 9.10. The fourth-order valence-electron chi connectivity index (χ4n) is 2.34. The molecule has 2 N–H and O–H groups in total. The molecule has 0 fully saturated rings. The number of phenolic OH excluding ortho intramolecular Hbond substituents is 1. The first-order chi connectivity index (χ1) is 12.9. The number of amides is 1. The lowest BCUT2D eigenvalue weighted by atomic mass is 10.2. The molecule has 0 radical (unpaired) electrons. The van der Waals surface area contributed by atoms with E-state index in [9.17, 15) is 20.0 Å². The van der Waals surface area contributed by atoms with Crippen molar-refractivity contribution in [1.29, 1.82) is 0 Å². The lowest BCUT2D eigenvalue weighted by Crippen LogP contribution is -2.16. The van der Waals surface area contributed by atoms with Gasteiger partial charge in [-0.05, 0) is 30.3 Å². The number of halogens is 1. The Labute approximate surface area is 160 Å². The molecule has 10 heteroatoms. The van der Waals surface area contributed by atoms with Crippen molar-refractivity contribution in [3.05, 3.63) is 62.3 Å². The van der Waals surface area contributed by atoms with Crippen molar-refractivity contribution in [3.8, 4) is 11.5 Å². The number of hydrazone groups is 1. The Balaban J connectivity index is 1.78. The molecule has 0 saturated heterocycles. The number of ether oxygens (including phenoxy) is 1. The molecular weight excluding hydrogens is 422 g/mol. The molecule has 3 rings (SSSR count). The summed E-state index contributed by atoms with van der Waals surface area (Å²) >= 11 is 3.35. The van der Waals surface area contributed by atoms with Crippen LogP contribution in [0.1, 0.15) is 16.1 Å².